The maximum Gasteiger partial charge on any atom is 0.353 e. The van der Waals surface area contributed by atoms with Crippen molar-refractivity contribution in [3.05, 3.63) is 89.6 Å². The van der Waals surface area contributed by atoms with Gasteiger partial charge in [-0.15, -0.1) is 0 Å². The third-order valence-corrected chi connectivity index (χ3v) is 3.02. The molecule has 2 aromatic rings. The van der Waals surface area contributed by atoms with E-state index in [-0.39, 0.29) is 5.70 Å². The number of hydrogen-bond acceptors (Lipinski definition) is 3. The van der Waals surface area contributed by atoms with Gasteiger partial charge in [0.1, 0.15) is 5.70 Å². The van der Waals surface area contributed by atoms with Gasteiger partial charge >= 0.3 is 5.97 Å². The van der Waals surface area contributed by atoms with Crippen LogP contribution in [-0.2, 0) is 9.53 Å². The predicted octanol–water partition coefficient (Wildman–Crippen LogP) is 3.13. The number of allylic oxidation sites excluding steroid dienone is 2. The largest absolute Gasteiger partial charge is 0.464 e. The molecule has 0 heterocycles. The Balaban J connectivity index is 2.45. The summed E-state index contributed by atoms with van der Waals surface area (Å²) < 4.78 is 4.59. The van der Waals surface area contributed by atoms with Crippen LogP contribution in [0.2, 0.25) is 0 Å². The van der Waals surface area contributed by atoms with Crippen molar-refractivity contribution in [3.8, 4) is 0 Å². The Morgan fingerprint density at radius 2 is 1.38 bits per heavy atom. The molecule has 0 saturated heterocycles. The van der Waals surface area contributed by atoms with Crippen LogP contribution in [-0.4, -0.2) is 13.1 Å². The minimum atomic E-state index is -0.535. The predicted molar refractivity (Wildman–Crippen MR) is 84.2 cm³/mol. The second-order valence-corrected chi connectivity index (χ2v) is 4.43. The third kappa shape index (κ3) is 3.83. The van der Waals surface area contributed by atoms with E-state index in [4.69, 9.17) is 5.73 Å². The van der Waals surface area contributed by atoms with E-state index < -0.39 is 5.97 Å². The van der Waals surface area contributed by atoms with Crippen molar-refractivity contribution in [1.29, 1.82) is 0 Å². The van der Waals surface area contributed by atoms with E-state index in [0.717, 1.165) is 16.7 Å². The van der Waals surface area contributed by atoms with Gasteiger partial charge in [-0.2, -0.15) is 0 Å². The topological polar surface area (TPSA) is 52.3 Å². The molecule has 0 spiro atoms. The highest BCUT2D eigenvalue weighted by Crippen LogP contribution is 2.23. The molecule has 0 bridgehead atoms. The fourth-order valence-electron chi connectivity index (χ4n) is 1.95. The average molecular weight is 279 g/mol. The summed E-state index contributed by atoms with van der Waals surface area (Å²) in [7, 11) is 1.31. The van der Waals surface area contributed by atoms with Crippen LogP contribution in [0.3, 0.4) is 0 Å². The monoisotopic (exact) mass is 279 g/mol. The van der Waals surface area contributed by atoms with Gasteiger partial charge in [0.15, 0.2) is 0 Å². The van der Waals surface area contributed by atoms with Gasteiger partial charge in [-0.3, -0.25) is 0 Å². The van der Waals surface area contributed by atoms with E-state index in [1.807, 2.05) is 66.7 Å². The average Bonchev–Trinajstić information content (AvgIpc) is 2.56. The first-order chi connectivity index (χ1) is 10.2. The highest BCUT2D eigenvalue weighted by Gasteiger charge is 2.05. The number of carbonyl (C=O) groups excluding carboxylic acids is 1. The summed E-state index contributed by atoms with van der Waals surface area (Å²) in [5, 5.41) is 0. The number of hydrogen-bond donors (Lipinski definition) is 1. The van der Waals surface area contributed by atoms with Crippen LogP contribution in [0.15, 0.2) is 78.5 Å². The lowest BCUT2D eigenvalue weighted by atomic mass is 9.97. The molecule has 0 radical (unpaired) electrons. The minimum Gasteiger partial charge on any atom is -0.464 e. The summed E-state index contributed by atoms with van der Waals surface area (Å²) in [4.78, 5) is 11.4. The first kappa shape index (κ1) is 14.6. The summed E-state index contributed by atoms with van der Waals surface area (Å²) in [6.45, 7) is 0. The van der Waals surface area contributed by atoms with Crippen LogP contribution in [0.1, 0.15) is 11.1 Å². The Morgan fingerprint density at radius 1 is 0.905 bits per heavy atom. The molecular weight excluding hydrogens is 262 g/mol. The summed E-state index contributed by atoms with van der Waals surface area (Å²) >= 11 is 0. The molecule has 0 aliphatic carbocycles. The summed E-state index contributed by atoms with van der Waals surface area (Å²) in [5.41, 5.74) is 8.84. The van der Waals surface area contributed by atoms with Gasteiger partial charge in [-0.05, 0) is 22.8 Å². The summed E-state index contributed by atoms with van der Waals surface area (Å²) in [6, 6.07) is 19.9. The molecule has 3 heteroatoms. The van der Waals surface area contributed by atoms with Gasteiger partial charge in [0.2, 0.25) is 0 Å². The van der Waals surface area contributed by atoms with Gasteiger partial charge in [0.25, 0.3) is 0 Å². The number of ether oxygens (including phenoxy) is 1. The first-order valence-corrected chi connectivity index (χ1v) is 6.59. The Kier molecular flexibility index (Phi) is 4.94. The van der Waals surface area contributed by atoms with E-state index in [1.54, 1.807) is 6.08 Å². The standard InChI is InChI=1S/C18H17NO2/c1-21-18(20)17(19)13-12-16(14-8-4-2-5-9-14)15-10-6-3-7-11-15/h2-13H,19H2,1H3/b17-13-. The second-order valence-electron chi connectivity index (χ2n) is 4.43. The van der Waals surface area contributed by atoms with Crippen molar-refractivity contribution in [2.75, 3.05) is 7.11 Å². The Morgan fingerprint density at radius 3 is 1.81 bits per heavy atom. The fourth-order valence-corrected chi connectivity index (χ4v) is 1.95. The van der Waals surface area contributed by atoms with Gasteiger partial charge in [0.05, 0.1) is 7.11 Å². The normalized spacial score (nSPS) is 10.8. The van der Waals surface area contributed by atoms with E-state index in [0.29, 0.717) is 0 Å². The summed E-state index contributed by atoms with van der Waals surface area (Å²) in [6.07, 6.45) is 3.40. The van der Waals surface area contributed by atoms with Crippen molar-refractivity contribution in [2.24, 2.45) is 5.73 Å². The third-order valence-electron chi connectivity index (χ3n) is 3.02. The molecule has 0 atom stereocenters. The summed E-state index contributed by atoms with van der Waals surface area (Å²) in [5.74, 6) is -0.535. The zero-order valence-electron chi connectivity index (χ0n) is 11.8. The van der Waals surface area contributed by atoms with Crippen molar-refractivity contribution in [2.45, 2.75) is 0 Å². The van der Waals surface area contributed by atoms with Crippen LogP contribution in [0.25, 0.3) is 5.57 Å². The van der Waals surface area contributed by atoms with E-state index >= 15 is 0 Å². The van der Waals surface area contributed by atoms with Crippen LogP contribution >= 0.6 is 0 Å². The Labute approximate surface area is 124 Å². The Bertz CT molecular complexity index is 617. The van der Waals surface area contributed by atoms with Gasteiger partial charge in [-0.1, -0.05) is 66.7 Å². The van der Waals surface area contributed by atoms with Crippen molar-refractivity contribution >= 4 is 11.5 Å². The zero-order valence-corrected chi connectivity index (χ0v) is 11.8. The highest BCUT2D eigenvalue weighted by molar-refractivity contribution is 5.89. The molecular formula is C18H17NO2. The molecule has 0 amide bonds. The minimum absolute atomic E-state index is 0.0712. The Hall–Kier alpha value is -2.81. The van der Waals surface area contributed by atoms with Gasteiger partial charge < -0.3 is 10.5 Å². The number of esters is 1. The molecule has 0 aromatic heterocycles. The molecule has 2 rings (SSSR count). The van der Waals surface area contributed by atoms with Crippen LogP contribution in [0, 0.1) is 0 Å². The number of benzene rings is 2. The molecule has 2 N–H and O–H groups in total. The van der Waals surface area contributed by atoms with E-state index in [9.17, 15) is 4.79 Å². The highest BCUT2D eigenvalue weighted by atomic mass is 16.5. The fraction of sp³-hybridized carbons (Fsp3) is 0.0556. The lowest BCUT2D eigenvalue weighted by Gasteiger charge is -2.07. The van der Waals surface area contributed by atoms with E-state index in [2.05, 4.69) is 4.74 Å². The van der Waals surface area contributed by atoms with Crippen LogP contribution in [0.5, 0.6) is 0 Å². The lowest BCUT2D eigenvalue weighted by Crippen LogP contribution is -2.12. The molecule has 0 aliphatic rings. The van der Waals surface area contributed by atoms with Gasteiger partial charge in [-0.25, -0.2) is 4.79 Å². The second kappa shape index (κ2) is 7.10. The zero-order chi connectivity index (χ0) is 15.1. The molecule has 0 aliphatic heterocycles. The quantitative estimate of drug-likeness (QED) is 0.531. The molecule has 0 unspecified atom stereocenters. The van der Waals surface area contributed by atoms with Crippen LogP contribution < -0.4 is 5.73 Å². The van der Waals surface area contributed by atoms with Crippen molar-refractivity contribution < 1.29 is 9.53 Å². The number of rotatable bonds is 4. The molecule has 0 fully saturated rings. The lowest BCUT2D eigenvalue weighted by molar-refractivity contribution is -0.136. The van der Waals surface area contributed by atoms with Gasteiger partial charge in [0, 0.05) is 0 Å². The van der Waals surface area contributed by atoms with Crippen molar-refractivity contribution in [3.63, 3.8) is 0 Å². The maximum atomic E-state index is 11.4. The molecule has 106 valence electrons. The first-order valence-electron chi connectivity index (χ1n) is 6.59. The number of nitrogens with two attached hydrogens (primary N) is 1. The molecule has 2 aromatic carbocycles. The molecule has 0 saturated carbocycles. The SMILES string of the molecule is COC(=O)/C(N)=C/C=C(c1ccccc1)c1ccccc1. The maximum absolute atomic E-state index is 11.4. The van der Waals surface area contributed by atoms with E-state index in [1.165, 1.54) is 7.11 Å². The van der Waals surface area contributed by atoms with Crippen LogP contribution in [0.4, 0.5) is 0 Å². The smallest absolute Gasteiger partial charge is 0.353 e. The number of carbonyl (C=O) groups is 1. The molecule has 3 nitrogen and oxygen atoms in total. The molecule has 21 heavy (non-hydrogen) atoms. The number of methoxy groups -OCH3 is 1. The van der Waals surface area contributed by atoms with Crippen molar-refractivity contribution in [1.82, 2.24) is 0 Å².